The van der Waals surface area contributed by atoms with Crippen molar-refractivity contribution in [3.8, 4) is 5.75 Å². The normalized spacial score (nSPS) is 11.5. The van der Waals surface area contributed by atoms with Gasteiger partial charge in [-0.05, 0) is 30.7 Å². The van der Waals surface area contributed by atoms with E-state index < -0.39 is 10.0 Å². The van der Waals surface area contributed by atoms with Gasteiger partial charge in [0.05, 0.1) is 12.8 Å². The molecule has 0 heterocycles. The molecule has 0 unspecified atom stereocenters. The summed E-state index contributed by atoms with van der Waals surface area (Å²) in [6.45, 7) is 3.90. The van der Waals surface area contributed by atoms with Crippen molar-refractivity contribution in [3.05, 3.63) is 24.3 Å². The molecule has 4 N–H and O–H groups in total. The van der Waals surface area contributed by atoms with Gasteiger partial charge in [0.15, 0.2) is 5.96 Å². The van der Waals surface area contributed by atoms with Crippen molar-refractivity contribution in [1.82, 2.24) is 5.32 Å². The fourth-order valence-electron chi connectivity index (χ4n) is 1.98. The SMILES string of the molecule is CCCCCCN=C(N)NCCOc1ccc(NS(C)(=O)=O)cc1.I. The number of hydrogen-bond acceptors (Lipinski definition) is 4. The molecule has 1 rings (SSSR count). The first-order chi connectivity index (χ1) is 11.4. The standard InChI is InChI=1S/C16H28N4O3S.HI/c1-3-4-5-6-11-18-16(17)19-12-13-23-15-9-7-14(8-10-15)20-24(2,21)22;/h7-10,20H,3-6,11-13H2,1-2H3,(H3,17,18,19);1H. The summed E-state index contributed by atoms with van der Waals surface area (Å²) in [7, 11) is -3.26. The number of hydrogen-bond donors (Lipinski definition) is 3. The Morgan fingerprint density at radius 1 is 1.20 bits per heavy atom. The van der Waals surface area contributed by atoms with E-state index in [-0.39, 0.29) is 24.0 Å². The fourth-order valence-corrected chi connectivity index (χ4v) is 2.54. The van der Waals surface area contributed by atoms with Crippen molar-refractivity contribution in [2.24, 2.45) is 10.7 Å². The van der Waals surface area contributed by atoms with Gasteiger partial charge < -0.3 is 15.8 Å². The van der Waals surface area contributed by atoms with Crippen LogP contribution in [0.15, 0.2) is 29.3 Å². The molecule has 0 fully saturated rings. The van der Waals surface area contributed by atoms with Crippen molar-refractivity contribution in [3.63, 3.8) is 0 Å². The Morgan fingerprint density at radius 3 is 2.48 bits per heavy atom. The molecule has 0 aliphatic rings. The van der Waals surface area contributed by atoms with Crippen LogP contribution in [0.2, 0.25) is 0 Å². The summed E-state index contributed by atoms with van der Waals surface area (Å²) in [5, 5.41) is 3.00. The summed E-state index contributed by atoms with van der Waals surface area (Å²) in [6, 6.07) is 6.71. The molecule has 0 atom stereocenters. The van der Waals surface area contributed by atoms with Crippen LogP contribution in [0, 0.1) is 0 Å². The van der Waals surface area contributed by atoms with Gasteiger partial charge in [0.25, 0.3) is 0 Å². The van der Waals surface area contributed by atoms with Gasteiger partial charge in [-0.3, -0.25) is 9.71 Å². The molecule has 0 amide bonds. The predicted molar refractivity (Wildman–Crippen MR) is 114 cm³/mol. The van der Waals surface area contributed by atoms with Gasteiger partial charge in [-0.25, -0.2) is 8.42 Å². The van der Waals surface area contributed by atoms with Crippen LogP contribution < -0.4 is 20.5 Å². The van der Waals surface area contributed by atoms with E-state index in [0.717, 1.165) is 19.2 Å². The molecule has 0 saturated carbocycles. The van der Waals surface area contributed by atoms with E-state index >= 15 is 0 Å². The second-order valence-electron chi connectivity index (χ2n) is 5.50. The quantitative estimate of drug-likeness (QED) is 0.194. The van der Waals surface area contributed by atoms with E-state index in [2.05, 4.69) is 22.0 Å². The number of nitrogens with zero attached hydrogens (tertiary/aromatic N) is 1. The molecule has 9 heteroatoms. The van der Waals surface area contributed by atoms with Crippen LogP contribution >= 0.6 is 24.0 Å². The highest BCUT2D eigenvalue weighted by Gasteiger charge is 2.01. The minimum absolute atomic E-state index is 0. The molecule has 0 bridgehead atoms. The van der Waals surface area contributed by atoms with E-state index in [0.29, 0.717) is 30.5 Å². The van der Waals surface area contributed by atoms with E-state index in [9.17, 15) is 8.42 Å². The Kier molecular flexibility index (Phi) is 12.4. The van der Waals surface area contributed by atoms with Crippen LogP contribution in [-0.4, -0.2) is 40.3 Å². The number of unbranched alkanes of at least 4 members (excludes halogenated alkanes) is 3. The maximum atomic E-state index is 11.1. The van der Waals surface area contributed by atoms with Gasteiger partial charge in [-0.15, -0.1) is 24.0 Å². The van der Waals surface area contributed by atoms with E-state index in [1.807, 2.05) is 0 Å². The van der Waals surface area contributed by atoms with Crippen LogP contribution in [0.25, 0.3) is 0 Å². The van der Waals surface area contributed by atoms with Crippen LogP contribution in [0.5, 0.6) is 5.75 Å². The van der Waals surface area contributed by atoms with Crippen molar-refractivity contribution in [2.45, 2.75) is 32.6 Å². The monoisotopic (exact) mass is 484 g/mol. The third-order valence-electron chi connectivity index (χ3n) is 3.13. The Morgan fingerprint density at radius 2 is 1.88 bits per heavy atom. The first kappa shape index (κ1) is 23.8. The molecular weight excluding hydrogens is 455 g/mol. The van der Waals surface area contributed by atoms with Gasteiger partial charge in [-0.2, -0.15) is 0 Å². The smallest absolute Gasteiger partial charge is 0.229 e. The summed E-state index contributed by atoms with van der Waals surface area (Å²) >= 11 is 0. The third-order valence-corrected chi connectivity index (χ3v) is 3.73. The molecule has 0 aromatic heterocycles. The fraction of sp³-hybridized carbons (Fsp3) is 0.562. The molecule has 7 nitrogen and oxygen atoms in total. The molecule has 0 spiro atoms. The van der Waals surface area contributed by atoms with Gasteiger partial charge in [0, 0.05) is 12.2 Å². The number of benzene rings is 1. The number of halogens is 1. The average Bonchev–Trinajstić information content (AvgIpc) is 2.51. The van der Waals surface area contributed by atoms with Crippen molar-refractivity contribution in [2.75, 3.05) is 30.7 Å². The average molecular weight is 484 g/mol. The highest BCUT2D eigenvalue weighted by atomic mass is 127. The second kappa shape index (κ2) is 13.0. The van der Waals surface area contributed by atoms with Crippen molar-refractivity contribution in [1.29, 1.82) is 0 Å². The summed E-state index contributed by atoms with van der Waals surface area (Å²) in [6.07, 6.45) is 5.79. The third kappa shape index (κ3) is 12.7. The molecule has 1 aromatic carbocycles. The number of nitrogens with two attached hydrogens (primary N) is 1. The van der Waals surface area contributed by atoms with E-state index in [1.54, 1.807) is 24.3 Å². The molecule has 0 saturated heterocycles. The lowest BCUT2D eigenvalue weighted by molar-refractivity contribution is 0.322. The number of aliphatic imine (C=N–C) groups is 1. The highest BCUT2D eigenvalue weighted by Crippen LogP contribution is 2.16. The van der Waals surface area contributed by atoms with Gasteiger partial charge in [-0.1, -0.05) is 26.2 Å². The summed E-state index contributed by atoms with van der Waals surface area (Å²) in [4.78, 5) is 4.25. The largest absolute Gasteiger partial charge is 0.492 e. The number of nitrogens with one attached hydrogen (secondary N) is 2. The lowest BCUT2D eigenvalue weighted by Gasteiger charge is -2.09. The molecule has 144 valence electrons. The summed E-state index contributed by atoms with van der Waals surface area (Å²) < 4.78 is 30.2. The second-order valence-corrected chi connectivity index (χ2v) is 7.25. The minimum Gasteiger partial charge on any atom is -0.492 e. The van der Waals surface area contributed by atoms with Gasteiger partial charge in [0.2, 0.25) is 10.0 Å². The van der Waals surface area contributed by atoms with E-state index in [4.69, 9.17) is 10.5 Å². The topological polar surface area (TPSA) is 106 Å². The minimum atomic E-state index is -3.26. The van der Waals surface area contributed by atoms with Crippen LogP contribution in [0.1, 0.15) is 32.6 Å². The number of ether oxygens (including phenoxy) is 1. The van der Waals surface area contributed by atoms with E-state index in [1.165, 1.54) is 19.3 Å². The Bertz CT molecular complexity index is 606. The Hall–Kier alpha value is -1.23. The molecule has 0 aliphatic carbocycles. The predicted octanol–water partition coefficient (Wildman–Crippen LogP) is 2.54. The molecular formula is C16H29IN4O3S. The molecule has 25 heavy (non-hydrogen) atoms. The van der Waals surface area contributed by atoms with Gasteiger partial charge >= 0.3 is 0 Å². The summed E-state index contributed by atoms with van der Waals surface area (Å²) in [5.41, 5.74) is 6.27. The van der Waals surface area contributed by atoms with Crippen molar-refractivity contribution < 1.29 is 13.2 Å². The lowest BCUT2D eigenvalue weighted by atomic mass is 10.2. The zero-order valence-electron chi connectivity index (χ0n) is 14.8. The summed E-state index contributed by atoms with van der Waals surface area (Å²) in [5.74, 6) is 1.09. The first-order valence-electron chi connectivity index (χ1n) is 8.15. The molecule has 0 aliphatic heterocycles. The van der Waals surface area contributed by atoms with Crippen LogP contribution in [0.3, 0.4) is 0 Å². The van der Waals surface area contributed by atoms with Crippen LogP contribution in [0.4, 0.5) is 5.69 Å². The Balaban J connectivity index is 0.00000576. The molecule has 1 aromatic rings. The van der Waals surface area contributed by atoms with Gasteiger partial charge in [0.1, 0.15) is 12.4 Å². The number of rotatable bonds is 11. The van der Waals surface area contributed by atoms with Crippen molar-refractivity contribution >= 4 is 45.6 Å². The highest BCUT2D eigenvalue weighted by molar-refractivity contribution is 14.0. The van der Waals surface area contributed by atoms with Crippen LogP contribution in [-0.2, 0) is 10.0 Å². The maximum absolute atomic E-state index is 11.1. The zero-order chi connectivity index (χ0) is 17.8. The first-order valence-corrected chi connectivity index (χ1v) is 10.0. The number of anilines is 1. The number of guanidine groups is 1. The maximum Gasteiger partial charge on any atom is 0.229 e. The lowest BCUT2D eigenvalue weighted by Crippen LogP contribution is -2.34. The zero-order valence-corrected chi connectivity index (χ0v) is 18.0. The Labute approximate surface area is 167 Å². The number of sulfonamides is 1. The molecule has 0 radical (unpaired) electrons.